The fourth-order valence-electron chi connectivity index (χ4n) is 5.15. The summed E-state index contributed by atoms with van der Waals surface area (Å²) in [5.74, 6) is -2.63. The third-order valence-electron chi connectivity index (χ3n) is 6.88. The number of hydrogen-bond donors (Lipinski definition) is 3. The summed E-state index contributed by atoms with van der Waals surface area (Å²) in [5, 5.41) is 16.0. The first-order chi connectivity index (χ1) is 15.3. The molecule has 1 fully saturated rings. The molecule has 1 heterocycles. The predicted octanol–water partition coefficient (Wildman–Crippen LogP) is 2.76. The molecule has 1 aliphatic carbocycles. The van der Waals surface area contributed by atoms with E-state index in [2.05, 4.69) is 10.6 Å². The molecule has 0 unspecified atom stereocenters. The summed E-state index contributed by atoms with van der Waals surface area (Å²) in [7, 11) is 1.56. The topological polar surface area (TPSA) is 98.7 Å². The number of carbonyl (C=O) groups excluding carboxylic acids is 3. The van der Waals surface area contributed by atoms with Crippen LogP contribution in [0.3, 0.4) is 0 Å². The number of allylic oxidation sites excluding steroid dienone is 1. The molecule has 32 heavy (non-hydrogen) atoms. The van der Waals surface area contributed by atoms with Gasteiger partial charge in [-0.05, 0) is 37.3 Å². The van der Waals surface area contributed by atoms with E-state index in [0.717, 1.165) is 5.56 Å². The fraction of sp³-hybridized carbons (Fsp3) is 0.542. The number of rotatable bonds is 7. The van der Waals surface area contributed by atoms with Crippen molar-refractivity contribution in [2.24, 2.45) is 23.7 Å². The molecule has 1 aromatic rings. The summed E-state index contributed by atoms with van der Waals surface area (Å²) in [5.41, 5.74) is 1.31. The summed E-state index contributed by atoms with van der Waals surface area (Å²) < 4.78 is 0. The van der Waals surface area contributed by atoms with Gasteiger partial charge in [0.2, 0.25) is 17.7 Å². The van der Waals surface area contributed by atoms with Gasteiger partial charge in [-0.2, -0.15) is 0 Å². The average molecular weight is 462 g/mol. The highest BCUT2D eigenvalue weighted by atomic mass is 35.5. The molecular weight excluding hydrogens is 430 g/mol. The Labute approximate surface area is 194 Å². The molecule has 3 amide bonds. The summed E-state index contributed by atoms with van der Waals surface area (Å²) in [6.45, 7) is 5.43. The van der Waals surface area contributed by atoms with Crippen molar-refractivity contribution in [3.63, 3.8) is 0 Å². The van der Waals surface area contributed by atoms with E-state index in [9.17, 15) is 19.5 Å². The second kappa shape index (κ2) is 10.0. The standard InChI is InChI=1S/C24H32ClN3O4/c1-5-14-10-11-16-19(18(14)22(30)26-4)24(32)28(15(6-2)12-29)21(16)23(31)27-20-13(3)8-7-9-17(20)25/h7-11,14-16,18-19,21,29H,5-6,12H2,1-4H3,(H,26,30)(H,27,31)/t14-,15+,16+,18-,19+,21+/m1/s1. The lowest BCUT2D eigenvalue weighted by molar-refractivity contribution is -0.142. The molecule has 6 atom stereocenters. The first-order valence-corrected chi connectivity index (χ1v) is 11.6. The van der Waals surface area contributed by atoms with Crippen LogP contribution in [-0.4, -0.2) is 53.5 Å². The van der Waals surface area contributed by atoms with E-state index in [4.69, 9.17) is 11.6 Å². The number of likely N-dealkylation sites (tertiary alicyclic amines) is 1. The SMILES string of the molecule is CC[C@@H](CO)N1C(=O)[C@H]2[C@H](C=C[C@@H](CC)[C@H]2C(=O)NC)[C@H]1C(=O)Nc1c(C)cccc1Cl. The van der Waals surface area contributed by atoms with Gasteiger partial charge in [0, 0.05) is 13.0 Å². The number of anilines is 1. The quantitative estimate of drug-likeness (QED) is 0.544. The summed E-state index contributed by atoms with van der Waals surface area (Å²) >= 11 is 6.32. The minimum absolute atomic E-state index is 0.0937. The zero-order valence-electron chi connectivity index (χ0n) is 19.0. The van der Waals surface area contributed by atoms with Gasteiger partial charge in [0.25, 0.3) is 0 Å². The van der Waals surface area contributed by atoms with Crippen molar-refractivity contribution in [2.45, 2.75) is 45.7 Å². The molecule has 1 saturated heterocycles. The number of nitrogens with one attached hydrogen (secondary N) is 2. The van der Waals surface area contributed by atoms with Crippen LogP contribution in [-0.2, 0) is 14.4 Å². The Balaban J connectivity index is 2.06. The van der Waals surface area contributed by atoms with Crippen LogP contribution in [0.15, 0.2) is 30.4 Å². The highest BCUT2D eigenvalue weighted by molar-refractivity contribution is 6.34. The Hall–Kier alpha value is -2.38. The third-order valence-corrected chi connectivity index (χ3v) is 7.20. The summed E-state index contributed by atoms with van der Waals surface area (Å²) in [6, 6.07) is 3.98. The lowest BCUT2D eigenvalue weighted by atomic mass is 9.69. The van der Waals surface area contributed by atoms with Crippen molar-refractivity contribution in [3.05, 3.63) is 40.9 Å². The third kappa shape index (κ3) is 4.16. The van der Waals surface area contributed by atoms with Gasteiger partial charge in [-0.25, -0.2) is 0 Å². The molecule has 1 aliphatic heterocycles. The smallest absolute Gasteiger partial charge is 0.247 e. The number of halogens is 1. The van der Waals surface area contributed by atoms with E-state index >= 15 is 0 Å². The zero-order chi connectivity index (χ0) is 23.6. The van der Waals surface area contributed by atoms with Crippen molar-refractivity contribution < 1.29 is 19.5 Å². The van der Waals surface area contributed by atoms with Crippen LogP contribution >= 0.6 is 11.6 Å². The predicted molar refractivity (Wildman–Crippen MR) is 124 cm³/mol. The van der Waals surface area contributed by atoms with Crippen LogP contribution in [0.4, 0.5) is 5.69 Å². The van der Waals surface area contributed by atoms with Crippen molar-refractivity contribution in [1.82, 2.24) is 10.2 Å². The molecule has 3 rings (SSSR count). The molecule has 3 N–H and O–H groups in total. The Bertz CT molecular complexity index is 894. The minimum atomic E-state index is -0.846. The maximum atomic E-state index is 13.7. The van der Waals surface area contributed by atoms with Gasteiger partial charge >= 0.3 is 0 Å². The number of para-hydroxylation sites is 1. The number of nitrogens with zero attached hydrogens (tertiary/aromatic N) is 1. The van der Waals surface area contributed by atoms with Crippen LogP contribution in [0.5, 0.6) is 0 Å². The molecule has 7 nitrogen and oxygen atoms in total. The Morgan fingerprint density at radius 2 is 1.94 bits per heavy atom. The van der Waals surface area contributed by atoms with Gasteiger partial charge in [-0.15, -0.1) is 0 Å². The second-order valence-corrected chi connectivity index (χ2v) is 8.96. The number of aliphatic hydroxyl groups is 1. The molecule has 1 aromatic carbocycles. The van der Waals surface area contributed by atoms with Gasteiger partial charge in [0.15, 0.2) is 0 Å². The Kier molecular flexibility index (Phi) is 7.62. The Morgan fingerprint density at radius 1 is 1.22 bits per heavy atom. The molecule has 174 valence electrons. The van der Waals surface area contributed by atoms with E-state index in [1.54, 1.807) is 19.2 Å². The minimum Gasteiger partial charge on any atom is -0.394 e. The van der Waals surface area contributed by atoms with Crippen molar-refractivity contribution in [1.29, 1.82) is 0 Å². The van der Waals surface area contributed by atoms with Crippen molar-refractivity contribution in [3.8, 4) is 0 Å². The van der Waals surface area contributed by atoms with E-state index < -0.39 is 29.8 Å². The van der Waals surface area contributed by atoms with E-state index in [0.29, 0.717) is 23.6 Å². The monoisotopic (exact) mass is 461 g/mol. The molecule has 0 saturated carbocycles. The van der Waals surface area contributed by atoms with Gasteiger partial charge in [0.05, 0.1) is 35.2 Å². The highest BCUT2D eigenvalue weighted by Gasteiger charge is 2.58. The van der Waals surface area contributed by atoms with Crippen LogP contribution < -0.4 is 10.6 Å². The molecule has 0 bridgehead atoms. The van der Waals surface area contributed by atoms with E-state index in [1.165, 1.54) is 4.90 Å². The lowest BCUT2D eigenvalue weighted by Crippen LogP contribution is -2.50. The fourth-order valence-corrected chi connectivity index (χ4v) is 5.42. The van der Waals surface area contributed by atoms with Gasteiger partial charge in [0.1, 0.15) is 6.04 Å². The molecule has 0 radical (unpaired) electrons. The van der Waals surface area contributed by atoms with Crippen LogP contribution in [0.25, 0.3) is 0 Å². The number of fused-ring (bicyclic) bond motifs is 1. The molecular formula is C24H32ClN3O4. The largest absolute Gasteiger partial charge is 0.394 e. The second-order valence-electron chi connectivity index (χ2n) is 8.56. The van der Waals surface area contributed by atoms with Crippen LogP contribution in [0, 0.1) is 30.6 Å². The number of benzene rings is 1. The lowest BCUT2D eigenvalue weighted by Gasteiger charge is -2.34. The highest BCUT2D eigenvalue weighted by Crippen LogP contribution is 2.46. The van der Waals surface area contributed by atoms with E-state index in [-0.39, 0.29) is 30.2 Å². The maximum Gasteiger partial charge on any atom is 0.247 e. The van der Waals surface area contributed by atoms with Crippen LogP contribution in [0.1, 0.15) is 32.3 Å². The molecule has 8 heteroatoms. The summed E-state index contributed by atoms with van der Waals surface area (Å²) in [4.78, 5) is 41.6. The number of carbonyl (C=O) groups is 3. The number of hydrogen-bond acceptors (Lipinski definition) is 4. The van der Waals surface area contributed by atoms with Crippen molar-refractivity contribution in [2.75, 3.05) is 19.0 Å². The number of aliphatic hydroxyl groups excluding tert-OH is 1. The van der Waals surface area contributed by atoms with Gasteiger partial charge in [-0.1, -0.05) is 49.7 Å². The molecule has 0 aromatic heterocycles. The number of aryl methyl sites for hydroxylation is 1. The van der Waals surface area contributed by atoms with Gasteiger partial charge < -0.3 is 20.6 Å². The first kappa shape index (κ1) is 24.3. The van der Waals surface area contributed by atoms with Gasteiger partial charge in [-0.3, -0.25) is 14.4 Å². The molecule has 2 aliphatic rings. The first-order valence-electron chi connectivity index (χ1n) is 11.2. The Morgan fingerprint density at radius 3 is 2.50 bits per heavy atom. The normalized spacial score (nSPS) is 27.8. The number of amides is 3. The van der Waals surface area contributed by atoms with E-state index in [1.807, 2.05) is 39.0 Å². The maximum absolute atomic E-state index is 13.7. The average Bonchev–Trinajstić information content (AvgIpc) is 3.08. The van der Waals surface area contributed by atoms with Crippen molar-refractivity contribution >= 4 is 35.0 Å². The summed E-state index contributed by atoms with van der Waals surface area (Å²) in [6.07, 6.45) is 5.06. The molecule has 0 spiro atoms. The van der Waals surface area contributed by atoms with Crippen LogP contribution in [0.2, 0.25) is 5.02 Å². The zero-order valence-corrected chi connectivity index (χ0v) is 19.7.